The van der Waals surface area contributed by atoms with Gasteiger partial charge in [0, 0.05) is 13.0 Å². The molecule has 1 aromatic carbocycles. The lowest BCUT2D eigenvalue weighted by Gasteiger charge is -2.19. The SMILES string of the molecule is CC(C)c1cccc(C(C)C)c1OC(=O)CCCNC(=O)[C@@H](N)CO.O=C(O)C(F)(F)F. The lowest BCUT2D eigenvalue weighted by atomic mass is 9.94. The fourth-order valence-electron chi connectivity index (χ4n) is 2.42. The summed E-state index contributed by atoms with van der Waals surface area (Å²) >= 11 is 0. The highest BCUT2D eigenvalue weighted by Gasteiger charge is 2.38. The zero-order valence-corrected chi connectivity index (χ0v) is 18.5. The molecule has 0 aliphatic rings. The fourth-order valence-corrected chi connectivity index (χ4v) is 2.42. The van der Waals surface area contributed by atoms with E-state index in [2.05, 4.69) is 33.0 Å². The number of halogens is 3. The average molecular weight is 464 g/mol. The van der Waals surface area contributed by atoms with Crippen molar-refractivity contribution in [2.45, 2.75) is 64.6 Å². The van der Waals surface area contributed by atoms with Gasteiger partial charge in [-0.05, 0) is 29.4 Å². The number of nitrogens with one attached hydrogen (secondary N) is 1. The predicted molar refractivity (Wildman–Crippen MR) is 111 cm³/mol. The Bertz CT molecular complexity index is 740. The van der Waals surface area contributed by atoms with Crippen molar-refractivity contribution in [3.63, 3.8) is 0 Å². The molecular formula is C21H31F3N2O6. The molecular weight excluding hydrogens is 433 g/mol. The van der Waals surface area contributed by atoms with Crippen molar-refractivity contribution in [1.82, 2.24) is 5.32 Å². The molecule has 32 heavy (non-hydrogen) atoms. The van der Waals surface area contributed by atoms with Crippen LogP contribution in [-0.2, 0) is 14.4 Å². The van der Waals surface area contributed by atoms with Crippen molar-refractivity contribution >= 4 is 17.8 Å². The third kappa shape index (κ3) is 10.6. The Morgan fingerprint density at radius 3 is 1.94 bits per heavy atom. The van der Waals surface area contributed by atoms with Crippen LogP contribution in [0.2, 0.25) is 0 Å². The van der Waals surface area contributed by atoms with E-state index in [0.717, 1.165) is 11.1 Å². The minimum Gasteiger partial charge on any atom is -0.475 e. The normalized spacial score (nSPS) is 12.1. The lowest BCUT2D eigenvalue weighted by Crippen LogP contribution is -2.43. The van der Waals surface area contributed by atoms with Crippen molar-refractivity contribution < 1.29 is 42.5 Å². The zero-order valence-electron chi connectivity index (χ0n) is 18.5. The predicted octanol–water partition coefficient (Wildman–Crippen LogP) is 2.69. The van der Waals surface area contributed by atoms with E-state index in [0.29, 0.717) is 18.7 Å². The van der Waals surface area contributed by atoms with E-state index in [1.165, 1.54) is 0 Å². The molecule has 0 aromatic heterocycles. The maximum Gasteiger partial charge on any atom is 0.490 e. The van der Waals surface area contributed by atoms with E-state index in [4.69, 9.17) is 25.5 Å². The third-order valence-electron chi connectivity index (χ3n) is 4.17. The first-order chi connectivity index (χ1) is 14.7. The summed E-state index contributed by atoms with van der Waals surface area (Å²) in [5.74, 6) is -2.35. The number of aliphatic hydroxyl groups is 1. The number of ether oxygens (including phenoxy) is 1. The molecule has 11 heteroatoms. The second-order valence-corrected chi connectivity index (χ2v) is 7.54. The number of hydrogen-bond donors (Lipinski definition) is 4. The number of nitrogens with two attached hydrogens (primary N) is 1. The minimum absolute atomic E-state index is 0.193. The number of rotatable bonds is 9. The summed E-state index contributed by atoms with van der Waals surface area (Å²) in [5.41, 5.74) is 7.43. The Kier molecular flexibility index (Phi) is 12.5. The number of alkyl halides is 3. The van der Waals surface area contributed by atoms with E-state index in [-0.39, 0.29) is 24.2 Å². The number of carbonyl (C=O) groups is 3. The molecule has 0 aliphatic carbocycles. The highest BCUT2D eigenvalue weighted by molar-refractivity contribution is 5.81. The number of carboxylic acid groups (broad SMARTS) is 1. The molecule has 5 N–H and O–H groups in total. The number of carbonyl (C=O) groups excluding carboxylic acids is 2. The Labute approximate surface area is 184 Å². The fraction of sp³-hybridized carbons (Fsp3) is 0.571. The van der Waals surface area contributed by atoms with Gasteiger partial charge in [0.05, 0.1) is 6.61 Å². The summed E-state index contributed by atoms with van der Waals surface area (Å²) in [6, 6.07) is 5.02. The van der Waals surface area contributed by atoms with Crippen molar-refractivity contribution in [2.75, 3.05) is 13.2 Å². The molecule has 0 spiro atoms. The van der Waals surface area contributed by atoms with Crippen molar-refractivity contribution in [3.8, 4) is 5.75 Å². The van der Waals surface area contributed by atoms with Crippen LogP contribution in [0.15, 0.2) is 18.2 Å². The van der Waals surface area contributed by atoms with Gasteiger partial charge in [-0.2, -0.15) is 13.2 Å². The smallest absolute Gasteiger partial charge is 0.475 e. The molecule has 182 valence electrons. The third-order valence-corrected chi connectivity index (χ3v) is 4.17. The molecule has 0 fully saturated rings. The van der Waals surface area contributed by atoms with E-state index < -0.39 is 30.7 Å². The van der Waals surface area contributed by atoms with Crippen LogP contribution in [0.5, 0.6) is 5.75 Å². The van der Waals surface area contributed by atoms with E-state index in [9.17, 15) is 22.8 Å². The quantitative estimate of drug-likeness (QED) is 0.250. The molecule has 0 saturated carbocycles. The minimum atomic E-state index is -5.08. The van der Waals surface area contributed by atoms with Crippen LogP contribution in [-0.4, -0.2) is 53.4 Å². The van der Waals surface area contributed by atoms with Gasteiger partial charge in [-0.3, -0.25) is 9.59 Å². The topological polar surface area (TPSA) is 139 Å². The first kappa shape index (κ1) is 29.3. The number of esters is 1. The summed E-state index contributed by atoms with van der Waals surface area (Å²) in [5, 5.41) is 18.5. The Morgan fingerprint density at radius 1 is 1.09 bits per heavy atom. The number of carboxylic acids is 1. The van der Waals surface area contributed by atoms with Crippen LogP contribution in [0.25, 0.3) is 0 Å². The molecule has 0 aliphatic heterocycles. The molecule has 1 atom stereocenters. The number of hydrogen-bond acceptors (Lipinski definition) is 6. The van der Waals surface area contributed by atoms with Gasteiger partial charge in [0.2, 0.25) is 5.91 Å². The standard InChI is InChI=1S/C19H30N2O4.C2HF3O2/c1-12(2)14-7-5-8-15(13(3)4)18(14)25-17(23)9-6-10-21-19(24)16(20)11-22;3-2(4,5)1(6)7/h5,7-8,12-13,16,22H,6,9-11,20H2,1-4H3,(H,21,24);(H,6,7)/t16-;/m0./s1. The Morgan fingerprint density at radius 2 is 1.56 bits per heavy atom. The second kappa shape index (κ2) is 13.7. The first-order valence-electron chi connectivity index (χ1n) is 10.00. The molecule has 1 rings (SSSR count). The number of para-hydroxylation sites is 1. The van der Waals surface area contributed by atoms with Gasteiger partial charge in [0.1, 0.15) is 11.8 Å². The summed E-state index contributed by atoms with van der Waals surface area (Å²) in [4.78, 5) is 32.5. The molecule has 0 unspecified atom stereocenters. The highest BCUT2D eigenvalue weighted by Crippen LogP contribution is 2.34. The number of benzene rings is 1. The number of amides is 1. The second-order valence-electron chi connectivity index (χ2n) is 7.54. The summed E-state index contributed by atoms with van der Waals surface area (Å²) in [6.45, 7) is 8.17. The van der Waals surface area contributed by atoms with Crippen LogP contribution in [0.1, 0.15) is 63.5 Å². The summed E-state index contributed by atoms with van der Waals surface area (Å²) in [7, 11) is 0. The van der Waals surface area contributed by atoms with Gasteiger partial charge < -0.3 is 26.0 Å². The van der Waals surface area contributed by atoms with E-state index in [1.54, 1.807) is 0 Å². The molecule has 0 saturated heterocycles. The first-order valence-corrected chi connectivity index (χ1v) is 10.00. The summed E-state index contributed by atoms with van der Waals surface area (Å²) in [6.07, 6.45) is -4.44. The largest absolute Gasteiger partial charge is 0.490 e. The summed E-state index contributed by atoms with van der Waals surface area (Å²) < 4.78 is 37.4. The zero-order chi connectivity index (χ0) is 25.1. The van der Waals surface area contributed by atoms with Gasteiger partial charge in [-0.25, -0.2) is 4.79 Å². The van der Waals surface area contributed by atoms with E-state index >= 15 is 0 Å². The van der Waals surface area contributed by atoms with Crippen molar-refractivity contribution in [1.29, 1.82) is 0 Å². The molecule has 1 amide bonds. The maximum atomic E-state index is 12.2. The van der Waals surface area contributed by atoms with Crippen LogP contribution in [0.3, 0.4) is 0 Å². The van der Waals surface area contributed by atoms with Gasteiger partial charge in [-0.15, -0.1) is 0 Å². The number of aliphatic hydroxyl groups excluding tert-OH is 1. The monoisotopic (exact) mass is 464 g/mol. The molecule has 8 nitrogen and oxygen atoms in total. The van der Waals surface area contributed by atoms with Crippen molar-refractivity contribution in [3.05, 3.63) is 29.3 Å². The molecule has 1 aromatic rings. The van der Waals surface area contributed by atoms with Crippen LogP contribution in [0.4, 0.5) is 13.2 Å². The van der Waals surface area contributed by atoms with Gasteiger partial charge in [0.25, 0.3) is 0 Å². The van der Waals surface area contributed by atoms with Gasteiger partial charge >= 0.3 is 18.1 Å². The highest BCUT2D eigenvalue weighted by atomic mass is 19.4. The van der Waals surface area contributed by atoms with Crippen LogP contribution < -0.4 is 15.8 Å². The van der Waals surface area contributed by atoms with Gasteiger partial charge in [0.15, 0.2) is 0 Å². The Balaban J connectivity index is 0.00000118. The number of aliphatic carboxylic acids is 1. The Hall–Kier alpha value is -2.66. The van der Waals surface area contributed by atoms with E-state index in [1.807, 2.05) is 18.2 Å². The molecule has 0 bridgehead atoms. The van der Waals surface area contributed by atoms with Crippen LogP contribution >= 0.6 is 0 Å². The molecule has 0 radical (unpaired) electrons. The van der Waals surface area contributed by atoms with Crippen LogP contribution in [0, 0.1) is 0 Å². The maximum absolute atomic E-state index is 12.2. The molecule has 0 heterocycles. The average Bonchev–Trinajstić information content (AvgIpc) is 2.69. The lowest BCUT2D eigenvalue weighted by molar-refractivity contribution is -0.192. The van der Waals surface area contributed by atoms with Crippen molar-refractivity contribution in [2.24, 2.45) is 5.73 Å². The van der Waals surface area contributed by atoms with Gasteiger partial charge in [-0.1, -0.05) is 45.9 Å².